The maximum absolute atomic E-state index is 13.8. The molecule has 0 aromatic heterocycles. The first-order chi connectivity index (χ1) is 10.0. The maximum Gasteiger partial charge on any atom is 0.335 e. The summed E-state index contributed by atoms with van der Waals surface area (Å²) in [6, 6.07) is 9.75. The van der Waals surface area contributed by atoms with Crippen molar-refractivity contribution in [3.63, 3.8) is 0 Å². The van der Waals surface area contributed by atoms with Crippen LogP contribution in [0, 0.1) is 5.82 Å². The molecule has 1 aliphatic rings. The number of hydrogen-bond acceptors (Lipinski definition) is 2. The van der Waals surface area contributed by atoms with E-state index in [9.17, 15) is 9.18 Å². The highest BCUT2D eigenvalue weighted by Gasteiger charge is 2.22. The van der Waals surface area contributed by atoms with Gasteiger partial charge < -0.3 is 5.11 Å². The van der Waals surface area contributed by atoms with E-state index < -0.39 is 5.97 Å². The fourth-order valence-corrected chi connectivity index (χ4v) is 2.84. The average Bonchev–Trinajstić information content (AvgIpc) is 2.84. The molecule has 1 heterocycles. The van der Waals surface area contributed by atoms with Crippen LogP contribution in [0.5, 0.6) is 0 Å². The molecule has 2 aromatic carbocycles. The quantitative estimate of drug-likeness (QED) is 0.940. The van der Waals surface area contributed by atoms with E-state index in [2.05, 4.69) is 0 Å². The third-order valence-electron chi connectivity index (χ3n) is 3.68. The molecule has 0 unspecified atom stereocenters. The molecule has 1 aliphatic heterocycles. The van der Waals surface area contributed by atoms with Crippen molar-refractivity contribution in [2.24, 2.45) is 0 Å². The van der Waals surface area contributed by atoms with Crippen LogP contribution in [0.1, 0.15) is 27.0 Å². The lowest BCUT2D eigenvalue weighted by Crippen LogP contribution is -2.16. The summed E-state index contributed by atoms with van der Waals surface area (Å²) in [5, 5.41) is 9.42. The van der Waals surface area contributed by atoms with Crippen LogP contribution in [0.2, 0.25) is 5.02 Å². The van der Waals surface area contributed by atoms with E-state index in [-0.39, 0.29) is 11.4 Å². The van der Waals surface area contributed by atoms with Gasteiger partial charge in [0.1, 0.15) is 5.82 Å². The lowest BCUT2D eigenvalue weighted by Gasteiger charge is -2.16. The molecule has 0 bridgehead atoms. The number of fused-ring (bicyclic) bond motifs is 1. The molecule has 3 rings (SSSR count). The van der Waals surface area contributed by atoms with Gasteiger partial charge in [0.05, 0.1) is 5.56 Å². The van der Waals surface area contributed by atoms with Crippen LogP contribution in [0.15, 0.2) is 36.4 Å². The third kappa shape index (κ3) is 2.77. The Morgan fingerprint density at radius 1 is 1.24 bits per heavy atom. The minimum Gasteiger partial charge on any atom is -0.478 e. The molecule has 21 heavy (non-hydrogen) atoms. The summed E-state index contributed by atoms with van der Waals surface area (Å²) in [5.74, 6) is -1.25. The Balaban J connectivity index is 1.80. The minimum atomic E-state index is -0.937. The number of rotatable bonds is 3. The van der Waals surface area contributed by atoms with Crippen molar-refractivity contribution in [3.05, 3.63) is 69.5 Å². The number of aromatic carboxylic acids is 1. The fraction of sp³-hybridized carbons (Fsp3) is 0.188. The zero-order valence-corrected chi connectivity index (χ0v) is 11.9. The van der Waals surface area contributed by atoms with Gasteiger partial charge in [-0.1, -0.05) is 23.7 Å². The van der Waals surface area contributed by atoms with Gasteiger partial charge in [-0.05, 0) is 35.4 Å². The van der Waals surface area contributed by atoms with Gasteiger partial charge in [0, 0.05) is 30.2 Å². The van der Waals surface area contributed by atoms with Crippen molar-refractivity contribution in [2.45, 2.75) is 19.6 Å². The summed E-state index contributed by atoms with van der Waals surface area (Å²) < 4.78 is 13.8. The van der Waals surface area contributed by atoms with E-state index in [0.29, 0.717) is 30.2 Å². The fourth-order valence-electron chi connectivity index (χ4n) is 2.62. The van der Waals surface area contributed by atoms with Crippen molar-refractivity contribution in [3.8, 4) is 0 Å². The molecule has 108 valence electrons. The summed E-state index contributed by atoms with van der Waals surface area (Å²) in [7, 11) is 0. The molecule has 2 aromatic rings. The second kappa shape index (κ2) is 5.47. The van der Waals surface area contributed by atoms with Crippen LogP contribution >= 0.6 is 11.6 Å². The zero-order valence-electron chi connectivity index (χ0n) is 11.1. The molecule has 0 atom stereocenters. The molecule has 3 nitrogen and oxygen atoms in total. The molecule has 1 N–H and O–H groups in total. The lowest BCUT2D eigenvalue weighted by molar-refractivity contribution is 0.0696. The monoisotopic (exact) mass is 305 g/mol. The van der Waals surface area contributed by atoms with Gasteiger partial charge in [0.15, 0.2) is 0 Å². The Kier molecular flexibility index (Phi) is 3.66. The van der Waals surface area contributed by atoms with Crippen LogP contribution in [0.25, 0.3) is 0 Å². The van der Waals surface area contributed by atoms with Gasteiger partial charge >= 0.3 is 5.97 Å². The predicted octanol–water partition coefficient (Wildman–Crippen LogP) is 3.69. The topological polar surface area (TPSA) is 40.5 Å². The molecule has 0 aliphatic carbocycles. The van der Waals surface area contributed by atoms with Crippen LogP contribution in [0.4, 0.5) is 4.39 Å². The molecule has 0 radical (unpaired) electrons. The van der Waals surface area contributed by atoms with Gasteiger partial charge in [-0.3, -0.25) is 4.90 Å². The number of hydrogen-bond donors (Lipinski definition) is 1. The Morgan fingerprint density at radius 3 is 2.71 bits per heavy atom. The summed E-state index contributed by atoms with van der Waals surface area (Å²) in [6.07, 6.45) is 0. The van der Waals surface area contributed by atoms with E-state index in [1.807, 2.05) is 11.0 Å². The van der Waals surface area contributed by atoms with Crippen molar-refractivity contribution >= 4 is 17.6 Å². The number of carbonyl (C=O) groups is 1. The van der Waals surface area contributed by atoms with E-state index in [0.717, 1.165) is 11.1 Å². The predicted molar refractivity (Wildman–Crippen MR) is 77.8 cm³/mol. The van der Waals surface area contributed by atoms with Gasteiger partial charge in [-0.2, -0.15) is 0 Å². The number of carboxylic acid groups (broad SMARTS) is 1. The highest BCUT2D eigenvalue weighted by atomic mass is 35.5. The number of carboxylic acids is 1. The van der Waals surface area contributed by atoms with Gasteiger partial charge in [-0.15, -0.1) is 0 Å². The molecule has 0 fully saturated rings. The smallest absolute Gasteiger partial charge is 0.335 e. The Bertz CT molecular complexity index is 697. The van der Waals surface area contributed by atoms with Crippen LogP contribution in [-0.2, 0) is 19.6 Å². The first kappa shape index (κ1) is 14.0. The van der Waals surface area contributed by atoms with Crippen LogP contribution < -0.4 is 0 Å². The Labute approximate surface area is 126 Å². The standard InChI is InChI=1S/C16H13ClFNO2/c17-14-2-1-3-15(18)13(14)9-19-7-11-5-4-10(16(20)21)6-12(11)8-19/h1-6H,7-9H2,(H,20,21). The van der Waals surface area contributed by atoms with Crippen molar-refractivity contribution in [2.75, 3.05) is 0 Å². The van der Waals surface area contributed by atoms with E-state index in [1.54, 1.807) is 24.3 Å². The SMILES string of the molecule is O=C(O)c1ccc2c(c1)CN(Cc1c(F)cccc1Cl)C2. The summed E-state index contributed by atoms with van der Waals surface area (Å²) in [5.41, 5.74) is 2.81. The van der Waals surface area contributed by atoms with E-state index >= 15 is 0 Å². The first-order valence-electron chi connectivity index (χ1n) is 6.55. The first-order valence-corrected chi connectivity index (χ1v) is 6.93. The molecule has 0 saturated carbocycles. The van der Waals surface area contributed by atoms with Crippen molar-refractivity contribution < 1.29 is 14.3 Å². The number of halogens is 2. The maximum atomic E-state index is 13.8. The largest absolute Gasteiger partial charge is 0.478 e. The molecule has 0 saturated heterocycles. The summed E-state index contributed by atoms with van der Waals surface area (Å²) in [6.45, 7) is 1.67. The van der Waals surface area contributed by atoms with Crippen molar-refractivity contribution in [1.29, 1.82) is 0 Å². The number of benzene rings is 2. The van der Waals surface area contributed by atoms with Crippen LogP contribution in [0.3, 0.4) is 0 Å². The Morgan fingerprint density at radius 2 is 2.00 bits per heavy atom. The Hall–Kier alpha value is -1.91. The summed E-state index contributed by atoms with van der Waals surface area (Å²) >= 11 is 6.04. The van der Waals surface area contributed by atoms with E-state index in [1.165, 1.54) is 6.07 Å². The van der Waals surface area contributed by atoms with E-state index in [4.69, 9.17) is 16.7 Å². The van der Waals surface area contributed by atoms with Gasteiger partial charge in [0.2, 0.25) is 0 Å². The number of nitrogens with zero attached hydrogens (tertiary/aromatic N) is 1. The molecule has 5 heteroatoms. The highest BCUT2D eigenvalue weighted by molar-refractivity contribution is 6.31. The van der Waals surface area contributed by atoms with Gasteiger partial charge in [0.25, 0.3) is 0 Å². The van der Waals surface area contributed by atoms with Gasteiger partial charge in [-0.25, -0.2) is 9.18 Å². The average molecular weight is 306 g/mol. The van der Waals surface area contributed by atoms with Crippen LogP contribution in [-0.4, -0.2) is 16.0 Å². The second-order valence-corrected chi connectivity index (χ2v) is 5.54. The molecule has 0 spiro atoms. The zero-order chi connectivity index (χ0) is 15.0. The van der Waals surface area contributed by atoms with Crippen molar-refractivity contribution in [1.82, 2.24) is 4.90 Å². The molecule has 0 amide bonds. The minimum absolute atomic E-state index is 0.277. The highest BCUT2D eigenvalue weighted by Crippen LogP contribution is 2.28. The third-order valence-corrected chi connectivity index (χ3v) is 4.04. The molecular formula is C16H13ClFNO2. The summed E-state index contributed by atoms with van der Waals surface area (Å²) in [4.78, 5) is 13.0. The normalized spacial score (nSPS) is 14.2. The molecular weight excluding hydrogens is 293 g/mol. The second-order valence-electron chi connectivity index (χ2n) is 5.13. The lowest BCUT2D eigenvalue weighted by atomic mass is 10.1.